The largest absolute Gasteiger partial charge is 0.506 e. The van der Waals surface area contributed by atoms with Gasteiger partial charge in [0.2, 0.25) is 0 Å². The van der Waals surface area contributed by atoms with Crippen LogP contribution in [-0.4, -0.2) is 61.0 Å². The molecule has 7 rings (SSSR count). The third-order valence-corrected chi connectivity index (χ3v) is 12.9. The monoisotopic (exact) mass is 1060 g/mol. The first-order valence-electron chi connectivity index (χ1n) is 14.6. The first-order chi connectivity index (χ1) is 21.5. The maximum absolute atomic E-state index is 13.5. The minimum absolute atomic E-state index is 0.245. The van der Waals surface area contributed by atoms with Gasteiger partial charge in [-0.3, -0.25) is 4.79 Å². The van der Waals surface area contributed by atoms with Crippen LogP contribution in [-0.2, 0) is 27.8 Å². The van der Waals surface area contributed by atoms with Gasteiger partial charge in [0, 0.05) is 22.9 Å². The number of methoxy groups -OCH3 is 1. The normalized spacial score (nSPS) is 26.6. The van der Waals surface area contributed by atoms with Gasteiger partial charge in [0.25, 0.3) is 0 Å². The van der Waals surface area contributed by atoms with Crippen LogP contribution in [0.2, 0.25) is 0 Å². The molecule has 2 aliphatic carbocycles. The Bertz CT molecular complexity index is 1700. The standard InChI is InChI=1S/C33H30I4N2O6/c1-39-8-7-33-18-4-6-26(31(33)45-30-25(42-2)5-3-16(27(30)33)12-24(18)39)44-32(41)23(38)11-15-9-21(36)29(22(37)10-15)43-17-13-19(34)28(40)20(35)14-17/h3-6,9-10,13-14,18,23-24,26,31,40H,7-8,11-12,38H2,1-2H3/t18-,23-,24+,26-,31-,33-/m0/s1. The Morgan fingerprint density at radius 3 is 2.51 bits per heavy atom. The van der Waals surface area contributed by atoms with E-state index in [-0.39, 0.29) is 23.2 Å². The Labute approximate surface area is 316 Å². The topological polar surface area (TPSA) is 103 Å². The van der Waals surface area contributed by atoms with Crippen molar-refractivity contribution in [3.05, 3.63) is 79.5 Å². The second-order valence-electron chi connectivity index (χ2n) is 12.1. The van der Waals surface area contributed by atoms with Gasteiger partial charge in [0.05, 0.1) is 21.4 Å². The highest BCUT2D eigenvalue weighted by Crippen LogP contribution is 2.62. The number of piperidine rings is 1. The molecule has 0 radical (unpaired) electrons. The number of carbonyl (C=O) groups excluding carboxylic acids is 1. The Balaban J connectivity index is 1.10. The summed E-state index contributed by atoms with van der Waals surface area (Å²) >= 11 is 8.65. The number of nitrogens with two attached hydrogens (primary N) is 1. The molecule has 1 spiro atoms. The number of benzene rings is 3. The molecule has 1 saturated heterocycles. The molecule has 2 bridgehead atoms. The van der Waals surface area contributed by atoms with Gasteiger partial charge in [-0.15, -0.1) is 0 Å². The summed E-state index contributed by atoms with van der Waals surface area (Å²) in [4.78, 5) is 16.0. The zero-order valence-corrected chi connectivity index (χ0v) is 33.0. The number of likely N-dealkylation sites (N-methyl/N-ethyl adjacent to an activating group) is 1. The van der Waals surface area contributed by atoms with Gasteiger partial charge in [0.15, 0.2) is 23.4 Å². The molecule has 236 valence electrons. The second kappa shape index (κ2) is 12.4. The summed E-state index contributed by atoms with van der Waals surface area (Å²) in [6, 6.07) is 11.2. The molecular formula is C33H30I4N2O6. The number of phenolic OH excluding ortho intramolecular Hbond substituents is 1. The van der Waals surface area contributed by atoms with Crippen LogP contribution < -0.4 is 19.9 Å². The molecule has 2 aliphatic heterocycles. The van der Waals surface area contributed by atoms with E-state index in [0.717, 1.165) is 43.6 Å². The van der Waals surface area contributed by atoms with Crippen molar-refractivity contribution in [2.75, 3.05) is 20.7 Å². The predicted octanol–water partition coefficient (Wildman–Crippen LogP) is 6.54. The van der Waals surface area contributed by atoms with E-state index in [1.165, 1.54) is 11.1 Å². The zero-order chi connectivity index (χ0) is 31.8. The molecule has 2 heterocycles. The van der Waals surface area contributed by atoms with E-state index in [0.29, 0.717) is 31.1 Å². The van der Waals surface area contributed by atoms with Gasteiger partial charge in [0.1, 0.15) is 23.6 Å². The first kappa shape index (κ1) is 32.5. The van der Waals surface area contributed by atoms with E-state index in [1.807, 2.05) is 24.3 Å². The molecule has 1 fully saturated rings. The van der Waals surface area contributed by atoms with Crippen molar-refractivity contribution in [2.45, 2.75) is 49.0 Å². The van der Waals surface area contributed by atoms with Gasteiger partial charge in [-0.25, -0.2) is 0 Å². The number of hydrogen-bond donors (Lipinski definition) is 2. The molecule has 45 heavy (non-hydrogen) atoms. The van der Waals surface area contributed by atoms with Crippen LogP contribution in [0.25, 0.3) is 0 Å². The summed E-state index contributed by atoms with van der Waals surface area (Å²) in [5, 5.41) is 10.1. The number of halogens is 4. The van der Waals surface area contributed by atoms with Crippen LogP contribution in [0, 0.1) is 20.2 Å². The van der Waals surface area contributed by atoms with E-state index >= 15 is 0 Å². The lowest BCUT2D eigenvalue weighted by Gasteiger charge is -2.56. The lowest BCUT2D eigenvalue weighted by Crippen LogP contribution is -2.65. The minimum atomic E-state index is -0.849. The molecule has 0 saturated carbocycles. The summed E-state index contributed by atoms with van der Waals surface area (Å²) in [6.07, 6.45) is 5.56. The number of hydrogen-bond acceptors (Lipinski definition) is 8. The molecule has 0 aromatic heterocycles. The van der Waals surface area contributed by atoms with E-state index in [9.17, 15) is 9.90 Å². The molecule has 0 unspecified atom stereocenters. The summed E-state index contributed by atoms with van der Waals surface area (Å²) < 4.78 is 28.1. The maximum Gasteiger partial charge on any atom is 0.323 e. The van der Waals surface area contributed by atoms with Crippen molar-refractivity contribution in [3.63, 3.8) is 0 Å². The molecule has 0 amide bonds. The Morgan fingerprint density at radius 2 is 1.82 bits per heavy atom. The van der Waals surface area contributed by atoms with E-state index in [2.05, 4.69) is 114 Å². The zero-order valence-electron chi connectivity index (χ0n) is 24.4. The van der Waals surface area contributed by atoms with Crippen molar-refractivity contribution in [3.8, 4) is 28.7 Å². The lowest BCUT2D eigenvalue weighted by molar-refractivity contribution is -0.156. The average Bonchev–Trinajstić information content (AvgIpc) is 3.35. The number of carbonyl (C=O) groups is 1. The number of nitrogens with zero attached hydrogens (tertiary/aromatic N) is 1. The summed E-state index contributed by atoms with van der Waals surface area (Å²) in [7, 11) is 3.87. The SMILES string of the molecule is COc1ccc2c3c1O[C@H]1[C@@H](OC(=O)[C@@H](N)Cc4cc(I)c(Oc5cc(I)c(O)c(I)c5)c(I)c4)C=C[C@H]4[C@@H](C2)N(C)CC[C@@]341. The van der Waals surface area contributed by atoms with E-state index in [1.54, 1.807) is 19.2 Å². The van der Waals surface area contributed by atoms with Gasteiger partial charge in [-0.2, -0.15) is 0 Å². The highest BCUT2D eigenvalue weighted by Gasteiger charge is 2.65. The maximum atomic E-state index is 13.5. The summed E-state index contributed by atoms with van der Waals surface area (Å²) in [6.45, 7) is 0.952. The number of rotatable bonds is 7. The van der Waals surface area contributed by atoms with Gasteiger partial charge >= 0.3 is 5.97 Å². The Hall–Kier alpha value is -1.09. The predicted molar refractivity (Wildman–Crippen MR) is 204 cm³/mol. The van der Waals surface area contributed by atoms with Gasteiger partial charge in [-0.05, 0) is 171 Å². The smallest absolute Gasteiger partial charge is 0.323 e. The van der Waals surface area contributed by atoms with Crippen molar-refractivity contribution in [1.29, 1.82) is 0 Å². The van der Waals surface area contributed by atoms with Crippen LogP contribution in [0.1, 0.15) is 23.1 Å². The number of aromatic hydroxyl groups is 1. The van der Waals surface area contributed by atoms with Crippen LogP contribution in [0.3, 0.4) is 0 Å². The Kier molecular flexibility index (Phi) is 8.96. The second-order valence-corrected chi connectivity index (χ2v) is 16.7. The van der Waals surface area contributed by atoms with Crippen LogP contribution in [0.4, 0.5) is 0 Å². The van der Waals surface area contributed by atoms with Crippen molar-refractivity contribution >= 4 is 96.3 Å². The lowest BCUT2D eigenvalue weighted by atomic mass is 9.53. The highest BCUT2D eigenvalue weighted by molar-refractivity contribution is 14.1. The number of ether oxygens (including phenoxy) is 4. The van der Waals surface area contributed by atoms with Crippen LogP contribution in [0.5, 0.6) is 28.7 Å². The molecule has 3 aromatic rings. The molecule has 6 atom stereocenters. The van der Waals surface area contributed by atoms with Gasteiger partial charge < -0.3 is 34.7 Å². The molecule has 4 aliphatic rings. The van der Waals surface area contributed by atoms with Crippen LogP contribution in [0.15, 0.2) is 48.6 Å². The fraction of sp³-hybridized carbons (Fsp3) is 0.364. The van der Waals surface area contributed by atoms with E-state index < -0.39 is 18.1 Å². The van der Waals surface area contributed by atoms with Crippen LogP contribution >= 0.6 is 90.4 Å². The fourth-order valence-corrected chi connectivity index (χ4v) is 11.4. The third kappa shape index (κ3) is 5.44. The number of likely N-dealkylation sites (tertiary alicyclic amines) is 1. The minimum Gasteiger partial charge on any atom is -0.506 e. The van der Waals surface area contributed by atoms with Crippen molar-refractivity contribution in [2.24, 2.45) is 11.7 Å². The first-order valence-corrected chi connectivity index (χ1v) is 18.9. The highest BCUT2D eigenvalue weighted by atomic mass is 127. The molecule has 3 N–H and O–H groups in total. The average molecular weight is 1060 g/mol. The molecule has 12 heteroatoms. The fourth-order valence-electron chi connectivity index (χ4n) is 7.58. The summed E-state index contributed by atoms with van der Waals surface area (Å²) in [5.41, 5.74) is 9.67. The molecular weight excluding hydrogens is 1030 g/mol. The van der Waals surface area contributed by atoms with Crippen molar-refractivity contribution in [1.82, 2.24) is 4.90 Å². The summed E-state index contributed by atoms with van der Waals surface area (Å²) in [5.74, 6) is 2.94. The molecule has 3 aromatic carbocycles. The van der Waals surface area contributed by atoms with Crippen molar-refractivity contribution < 1.29 is 28.8 Å². The number of phenols is 1. The van der Waals surface area contributed by atoms with Gasteiger partial charge in [-0.1, -0.05) is 12.1 Å². The number of esters is 1. The van der Waals surface area contributed by atoms with E-state index in [4.69, 9.17) is 24.7 Å². The Morgan fingerprint density at radius 1 is 1.11 bits per heavy atom. The molecule has 8 nitrogen and oxygen atoms in total. The quantitative estimate of drug-likeness (QED) is 0.157. The third-order valence-electron chi connectivity index (χ3n) is 9.61.